The van der Waals surface area contributed by atoms with E-state index >= 15 is 0 Å². The molecule has 0 aliphatic heterocycles. The quantitative estimate of drug-likeness (QED) is 0.135. The Hall–Kier alpha value is -3.48. The monoisotopic (exact) mass is 635 g/mol. The van der Waals surface area contributed by atoms with E-state index in [0.29, 0.717) is 25.7 Å². The number of benzene rings is 2. The SMILES string of the molecule is CCCC(CCC)S(=O)(=O)CC(NC(=O)CCC(=O)O)C(=O)O.COc1cccc(CNCC[C@@H](N)Cc2ccccc2)c1. The van der Waals surface area contributed by atoms with Gasteiger partial charge in [0.1, 0.15) is 11.8 Å². The molecule has 0 saturated heterocycles. The fourth-order valence-corrected chi connectivity index (χ4v) is 6.65. The summed E-state index contributed by atoms with van der Waals surface area (Å²) in [5.74, 6) is -3.23. The Kier molecular flexibility index (Phi) is 18.6. The molecule has 11 nitrogen and oxygen atoms in total. The Morgan fingerprint density at radius 3 is 2.11 bits per heavy atom. The summed E-state index contributed by atoms with van der Waals surface area (Å²) in [5.41, 5.74) is 8.70. The van der Waals surface area contributed by atoms with Gasteiger partial charge in [-0.2, -0.15) is 0 Å². The van der Waals surface area contributed by atoms with Crippen LogP contribution in [0.25, 0.3) is 0 Å². The molecule has 0 bridgehead atoms. The van der Waals surface area contributed by atoms with Crippen LogP contribution in [0.1, 0.15) is 69.9 Å². The number of ether oxygens (including phenoxy) is 1. The zero-order valence-corrected chi connectivity index (χ0v) is 26.9. The zero-order valence-electron chi connectivity index (χ0n) is 26.0. The maximum absolute atomic E-state index is 12.4. The average molecular weight is 636 g/mol. The number of amides is 1. The smallest absolute Gasteiger partial charge is 0.327 e. The summed E-state index contributed by atoms with van der Waals surface area (Å²) in [7, 11) is -1.99. The molecule has 246 valence electrons. The molecule has 12 heteroatoms. The average Bonchev–Trinajstić information content (AvgIpc) is 2.98. The van der Waals surface area contributed by atoms with E-state index in [9.17, 15) is 22.8 Å². The van der Waals surface area contributed by atoms with Crippen molar-refractivity contribution in [2.24, 2.45) is 5.73 Å². The first kappa shape index (κ1) is 38.5. The lowest BCUT2D eigenvalue weighted by atomic mass is 10.0. The highest BCUT2D eigenvalue weighted by Crippen LogP contribution is 2.17. The van der Waals surface area contributed by atoms with Gasteiger partial charge in [0.15, 0.2) is 9.84 Å². The van der Waals surface area contributed by atoms with E-state index in [2.05, 4.69) is 47.0 Å². The van der Waals surface area contributed by atoms with Crippen LogP contribution in [0, 0.1) is 0 Å². The number of sulfone groups is 1. The lowest BCUT2D eigenvalue weighted by Gasteiger charge is -2.20. The van der Waals surface area contributed by atoms with Gasteiger partial charge in [-0.05, 0) is 55.5 Å². The molecular formula is C32H49N3O8S. The molecule has 2 rings (SSSR count). The van der Waals surface area contributed by atoms with Crippen LogP contribution in [0.4, 0.5) is 0 Å². The van der Waals surface area contributed by atoms with Crippen LogP contribution in [0.15, 0.2) is 54.6 Å². The van der Waals surface area contributed by atoms with Crippen LogP contribution in [-0.2, 0) is 37.2 Å². The number of carbonyl (C=O) groups is 3. The summed E-state index contributed by atoms with van der Waals surface area (Å²) >= 11 is 0. The number of nitrogens with one attached hydrogen (secondary N) is 2. The molecule has 0 aliphatic rings. The number of rotatable bonds is 20. The second-order valence-electron chi connectivity index (χ2n) is 10.6. The third kappa shape index (κ3) is 16.4. The van der Waals surface area contributed by atoms with Crippen LogP contribution >= 0.6 is 0 Å². The Labute approximate surface area is 261 Å². The topological polar surface area (TPSA) is 185 Å². The summed E-state index contributed by atoms with van der Waals surface area (Å²) in [4.78, 5) is 33.1. The third-order valence-corrected chi connectivity index (χ3v) is 9.11. The van der Waals surface area contributed by atoms with Gasteiger partial charge in [0, 0.05) is 19.0 Å². The highest BCUT2D eigenvalue weighted by atomic mass is 32.2. The minimum atomic E-state index is -3.68. The highest BCUT2D eigenvalue weighted by Gasteiger charge is 2.32. The van der Waals surface area contributed by atoms with Gasteiger partial charge >= 0.3 is 11.9 Å². The van der Waals surface area contributed by atoms with Crippen molar-refractivity contribution in [2.75, 3.05) is 19.4 Å². The van der Waals surface area contributed by atoms with Crippen LogP contribution in [0.2, 0.25) is 0 Å². The predicted molar refractivity (Wildman–Crippen MR) is 171 cm³/mol. The van der Waals surface area contributed by atoms with E-state index in [1.807, 2.05) is 32.0 Å². The molecule has 0 aromatic heterocycles. The van der Waals surface area contributed by atoms with E-state index in [0.717, 1.165) is 31.7 Å². The summed E-state index contributed by atoms with van der Waals surface area (Å²) < 4.78 is 29.9. The largest absolute Gasteiger partial charge is 0.497 e. The lowest BCUT2D eigenvalue weighted by Crippen LogP contribution is -2.47. The van der Waals surface area contributed by atoms with E-state index < -0.39 is 57.6 Å². The van der Waals surface area contributed by atoms with Crippen LogP contribution in [0.3, 0.4) is 0 Å². The fourth-order valence-electron chi connectivity index (χ4n) is 4.50. The van der Waals surface area contributed by atoms with E-state index in [4.69, 9.17) is 20.7 Å². The number of carboxylic acid groups (broad SMARTS) is 2. The van der Waals surface area contributed by atoms with Crippen LogP contribution in [-0.4, -0.2) is 73.2 Å². The zero-order chi connectivity index (χ0) is 33.0. The molecule has 6 N–H and O–H groups in total. The molecule has 2 aromatic rings. The van der Waals surface area contributed by atoms with Gasteiger partial charge in [0.05, 0.1) is 24.5 Å². The molecule has 0 saturated carbocycles. The first-order chi connectivity index (χ1) is 20.9. The molecule has 44 heavy (non-hydrogen) atoms. The van der Waals surface area contributed by atoms with Crippen molar-refractivity contribution in [2.45, 2.75) is 89.1 Å². The molecule has 2 aromatic carbocycles. The Bertz CT molecular complexity index is 1240. The second-order valence-corrected chi connectivity index (χ2v) is 13.0. The van der Waals surface area contributed by atoms with E-state index in [-0.39, 0.29) is 6.04 Å². The van der Waals surface area contributed by atoms with Crippen molar-refractivity contribution in [3.05, 3.63) is 65.7 Å². The number of methoxy groups -OCH3 is 1. The lowest BCUT2D eigenvalue weighted by molar-refractivity contribution is -0.141. The van der Waals surface area contributed by atoms with Crippen molar-refractivity contribution in [1.82, 2.24) is 10.6 Å². The van der Waals surface area contributed by atoms with E-state index in [1.165, 1.54) is 11.1 Å². The fraction of sp³-hybridized carbons (Fsp3) is 0.531. The second kappa shape index (κ2) is 21.3. The first-order valence-electron chi connectivity index (χ1n) is 15.0. The maximum Gasteiger partial charge on any atom is 0.327 e. The third-order valence-electron chi connectivity index (χ3n) is 6.82. The molecule has 0 spiro atoms. The van der Waals surface area contributed by atoms with Crippen LogP contribution < -0.4 is 21.1 Å². The normalized spacial score (nSPS) is 12.5. The Morgan fingerprint density at radius 2 is 1.55 bits per heavy atom. The van der Waals surface area contributed by atoms with E-state index in [1.54, 1.807) is 7.11 Å². The molecule has 1 unspecified atom stereocenters. The summed E-state index contributed by atoms with van der Waals surface area (Å²) in [5, 5.41) is 22.5. The number of hydrogen-bond donors (Lipinski definition) is 5. The highest BCUT2D eigenvalue weighted by molar-refractivity contribution is 7.92. The minimum absolute atomic E-state index is 0.199. The first-order valence-corrected chi connectivity index (χ1v) is 16.7. The number of carboxylic acids is 2. The number of nitrogens with two attached hydrogens (primary N) is 1. The Balaban J connectivity index is 0.000000441. The molecule has 0 fully saturated rings. The molecule has 0 aliphatic carbocycles. The molecule has 0 radical (unpaired) electrons. The molecular weight excluding hydrogens is 586 g/mol. The van der Waals surface area contributed by atoms with Crippen molar-refractivity contribution in [3.8, 4) is 5.75 Å². The minimum Gasteiger partial charge on any atom is -0.497 e. The molecule has 1 amide bonds. The van der Waals surface area contributed by atoms with Gasteiger partial charge in [-0.1, -0.05) is 69.2 Å². The van der Waals surface area contributed by atoms with Crippen molar-refractivity contribution in [1.29, 1.82) is 0 Å². The predicted octanol–water partition coefficient (Wildman–Crippen LogP) is 3.55. The van der Waals surface area contributed by atoms with Gasteiger partial charge in [-0.15, -0.1) is 0 Å². The van der Waals surface area contributed by atoms with Crippen LogP contribution in [0.5, 0.6) is 5.75 Å². The summed E-state index contributed by atoms with van der Waals surface area (Å²) in [6.07, 6.45) is 3.26. The standard InChI is InChI=1S/C18H24N2O.C14H25NO7S/c1-21-18-9-5-8-16(13-18)14-20-11-10-17(19)12-15-6-3-2-4-7-15;1-3-5-10(6-4-2)23(21,22)9-11(14(19)20)15-12(16)7-8-13(17)18/h2-9,13,17,20H,10-12,14,19H2,1H3;10-11H,3-9H2,1-2H3,(H,15,16)(H,17,18)(H,19,20)/t17-;/m1./s1. The van der Waals surface area contributed by atoms with Gasteiger partial charge in [0.25, 0.3) is 0 Å². The van der Waals surface area contributed by atoms with Gasteiger partial charge in [-0.3, -0.25) is 9.59 Å². The summed E-state index contributed by atoms with van der Waals surface area (Å²) in [6, 6.07) is 17.2. The number of carbonyl (C=O) groups excluding carboxylic acids is 1. The maximum atomic E-state index is 12.4. The van der Waals surface area contributed by atoms with Gasteiger partial charge in [-0.25, -0.2) is 13.2 Å². The van der Waals surface area contributed by atoms with Crippen molar-refractivity contribution < 1.29 is 37.8 Å². The molecule has 0 heterocycles. The van der Waals surface area contributed by atoms with Gasteiger partial charge < -0.3 is 31.3 Å². The van der Waals surface area contributed by atoms with Gasteiger partial charge in [0.2, 0.25) is 5.91 Å². The molecule has 2 atom stereocenters. The van der Waals surface area contributed by atoms with Crippen molar-refractivity contribution >= 4 is 27.7 Å². The Morgan fingerprint density at radius 1 is 0.909 bits per heavy atom. The van der Waals surface area contributed by atoms with Crippen molar-refractivity contribution in [3.63, 3.8) is 0 Å². The summed E-state index contributed by atoms with van der Waals surface area (Å²) in [6.45, 7) is 5.46. The number of aliphatic carboxylic acids is 2. The number of hydrogen-bond acceptors (Lipinski definition) is 8.